The number of rotatable bonds is 15. The van der Waals surface area contributed by atoms with Crippen molar-refractivity contribution in [2.24, 2.45) is 0 Å². The third kappa shape index (κ3) is 9.27. The van der Waals surface area contributed by atoms with Gasteiger partial charge in [-0.2, -0.15) is 0 Å². The first-order chi connectivity index (χ1) is 23.3. The fourth-order valence-electron chi connectivity index (χ4n) is 5.97. The van der Waals surface area contributed by atoms with E-state index in [0.717, 1.165) is 74.7 Å². The minimum Gasteiger partial charge on any atom is -0.493 e. The number of nitrogens with one attached hydrogen (secondary N) is 1. The lowest BCUT2D eigenvalue weighted by molar-refractivity contribution is -0.174. The quantitative estimate of drug-likeness (QED) is 0.0428. The van der Waals surface area contributed by atoms with Gasteiger partial charge in [-0.15, -0.1) is 0 Å². The zero-order chi connectivity index (χ0) is 35.8. The fraction of sp³-hybridized carbons (Fsp3) is 0.390. The number of carbonyl (C=O) groups is 1. The highest BCUT2D eigenvalue weighted by Crippen LogP contribution is 2.39. The molecule has 0 bridgehead atoms. The zero-order valence-electron chi connectivity index (χ0n) is 30.0. The number of carbonyl (C=O) groups excluding carboxylic acids is 1. The Morgan fingerprint density at radius 2 is 1.76 bits per heavy atom. The average Bonchev–Trinajstić information content (AvgIpc) is 3.01. The summed E-state index contributed by atoms with van der Waals surface area (Å²) in [6, 6.07) is 14.1. The molecule has 1 fully saturated rings. The van der Waals surface area contributed by atoms with Crippen LogP contribution in [0.2, 0.25) is 5.02 Å². The maximum absolute atomic E-state index is 13.8. The summed E-state index contributed by atoms with van der Waals surface area (Å²) in [5.41, 5.74) is 7.76. The molecule has 0 aromatic heterocycles. The normalized spacial score (nSPS) is 14.4. The van der Waals surface area contributed by atoms with Gasteiger partial charge in [0.05, 0.1) is 12.7 Å². The van der Waals surface area contributed by atoms with Crippen molar-refractivity contribution >= 4 is 39.5 Å². The van der Waals surface area contributed by atoms with Crippen molar-refractivity contribution in [3.63, 3.8) is 0 Å². The number of esters is 1. The second-order valence-electron chi connectivity index (χ2n) is 12.8. The monoisotopic (exact) mass is 689 g/mol. The van der Waals surface area contributed by atoms with Gasteiger partial charge in [-0.05, 0) is 132 Å². The Bertz CT molecular complexity index is 1800. The van der Waals surface area contributed by atoms with Crippen molar-refractivity contribution < 1.29 is 28.1 Å². The van der Waals surface area contributed by atoms with Crippen LogP contribution in [0.5, 0.6) is 5.75 Å². The molecule has 0 saturated heterocycles. The molecule has 6 nitrogen and oxygen atoms in total. The van der Waals surface area contributed by atoms with Crippen molar-refractivity contribution in [3.8, 4) is 5.75 Å². The lowest BCUT2D eigenvalue weighted by Crippen LogP contribution is -2.22. The Balaban J connectivity index is 1.66. The van der Waals surface area contributed by atoms with Crippen molar-refractivity contribution in [2.75, 3.05) is 13.7 Å². The summed E-state index contributed by atoms with van der Waals surface area (Å²) in [6.07, 6.45) is 3.10. The zero-order valence-corrected chi connectivity index (χ0v) is 30.8. The van der Waals surface area contributed by atoms with Gasteiger partial charge in [0.1, 0.15) is 11.6 Å². The Morgan fingerprint density at radius 3 is 2.39 bits per heavy atom. The molecule has 0 radical (unpaired) electrons. The van der Waals surface area contributed by atoms with E-state index >= 15 is 0 Å². The number of allylic oxidation sites excluding steroid dienone is 5. The van der Waals surface area contributed by atoms with E-state index in [-0.39, 0.29) is 11.9 Å². The van der Waals surface area contributed by atoms with Gasteiger partial charge < -0.3 is 24.3 Å². The van der Waals surface area contributed by atoms with Crippen LogP contribution in [0, 0.1) is 12.7 Å². The predicted octanol–water partition coefficient (Wildman–Crippen LogP) is 10.8. The molecule has 4 rings (SSSR count). The lowest BCUT2D eigenvalue weighted by atomic mass is 9.86. The first-order valence-electron chi connectivity index (χ1n) is 16.9. The van der Waals surface area contributed by atoms with Gasteiger partial charge in [0, 0.05) is 52.4 Å². The van der Waals surface area contributed by atoms with Crippen molar-refractivity contribution in [2.45, 2.75) is 93.0 Å². The highest BCUT2D eigenvalue weighted by Gasteiger charge is 2.25. The minimum absolute atomic E-state index is 0.0664. The van der Waals surface area contributed by atoms with Crippen LogP contribution < -0.4 is 10.1 Å². The van der Waals surface area contributed by atoms with E-state index in [0.29, 0.717) is 41.7 Å². The summed E-state index contributed by atoms with van der Waals surface area (Å²) in [5.74, 6) is 0.347. The lowest BCUT2D eigenvalue weighted by Gasteiger charge is -2.26. The molecule has 0 amide bonds. The maximum atomic E-state index is 13.8. The summed E-state index contributed by atoms with van der Waals surface area (Å²) in [6.45, 7) is 17.9. The van der Waals surface area contributed by atoms with E-state index < -0.39 is 12.3 Å². The highest BCUT2D eigenvalue weighted by atomic mass is 35.5. The van der Waals surface area contributed by atoms with Gasteiger partial charge in [-0.3, -0.25) is 0 Å². The average molecular weight is 690 g/mol. The van der Waals surface area contributed by atoms with Crippen LogP contribution in [-0.4, -0.2) is 32.0 Å². The Labute approximate surface area is 295 Å². The summed E-state index contributed by atoms with van der Waals surface area (Å²) < 4.78 is 37.8. The summed E-state index contributed by atoms with van der Waals surface area (Å²) in [4.78, 5) is 13.8. The van der Waals surface area contributed by atoms with E-state index in [4.69, 9.17) is 30.5 Å². The van der Waals surface area contributed by atoms with Gasteiger partial charge in [-0.25, -0.2) is 9.18 Å². The summed E-state index contributed by atoms with van der Waals surface area (Å²) >= 11 is 6.85. The molecule has 3 aromatic carbocycles. The number of ether oxygens (including phenoxy) is 4. The molecule has 0 spiro atoms. The van der Waals surface area contributed by atoms with E-state index in [1.807, 2.05) is 72.0 Å². The van der Waals surface area contributed by atoms with Gasteiger partial charge in [0.15, 0.2) is 0 Å². The maximum Gasteiger partial charge on any atom is 0.337 e. The fourth-order valence-corrected chi connectivity index (χ4v) is 6.27. The smallest absolute Gasteiger partial charge is 0.337 e. The molecule has 1 aliphatic carbocycles. The standard InChI is InChI=1S/C41H49ClFNO5/c1-24(2)38(28(7)44-9)39-26(5)34(20-21-36(39)42)33(16-12-22-46-37-17-11-15-31-23-32(43)18-19-35(31)37)27(6)40(45)48-29(8)49-41(47-25(3)4)30-13-10-14-30/h11,15,17-21,23,25,29,44H,1,10,12-14,16,22H2,2-9H3/b33-27+,38-28+. The van der Waals surface area contributed by atoms with Gasteiger partial charge in [0.2, 0.25) is 6.29 Å². The molecule has 49 heavy (non-hydrogen) atoms. The van der Waals surface area contributed by atoms with Gasteiger partial charge in [0.25, 0.3) is 5.95 Å². The van der Waals surface area contributed by atoms with Crippen LogP contribution >= 0.6 is 11.6 Å². The number of halogens is 2. The molecular formula is C41H49ClFNO5. The third-order valence-electron chi connectivity index (χ3n) is 8.69. The molecule has 1 saturated carbocycles. The Kier molecular flexibility index (Phi) is 13.0. The van der Waals surface area contributed by atoms with Crippen molar-refractivity contribution in [1.29, 1.82) is 0 Å². The molecule has 1 aliphatic rings. The molecule has 3 aromatic rings. The van der Waals surface area contributed by atoms with E-state index in [9.17, 15) is 9.18 Å². The van der Waals surface area contributed by atoms with Gasteiger partial charge >= 0.3 is 5.97 Å². The number of hydrogen-bond donors (Lipinski definition) is 1. The number of fused-ring (bicyclic) bond motifs is 1. The van der Waals surface area contributed by atoms with Crippen LogP contribution in [0.25, 0.3) is 21.9 Å². The first kappa shape index (κ1) is 37.6. The van der Waals surface area contributed by atoms with Crippen LogP contribution in [0.1, 0.15) is 90.3 Å². The highest BCUT2D eigenvalue weighted by molar-refractivity contribution is 6.33. The molecule has 262 valence electrons. The molecule has 0 heterocycles. The Morgan fingerprint density at radius 1 is 1.02 bits per heavy atom. The minimum atomic E-state index is -0.858. The van der Waals surface area contributed by atoms with Crippen LogP contribution in [0.15, 0.2) is 83.5 Å². The molecule has 1 atom stereocenters. The second kappa shape index (κ2) is 16.9. The van der Waals surface area contributed by atoms with Crippen molar-refractivity contribution in [1.82, 2.24) is 5.32 Å². The van der Waals surface area contributed by atoms with Crippen LogP contribution in [0.4, 0.5) is 4.39 Å². The van der Waals surface area contributed by atoms with Gasteiger partial charge in [-0.1, -0.05) is 36.4 Å². The Hall–Kier alpha value is -4.23. The topological polar surface area (TPSA) is 66.0 Å². The SMILES string of the molecule is C=C(C)/C(=C(/C)NC)c1c(Cl)ccc(/C(CCCOc2cccc3cc(F)ccc23)=C(\C)C(=O)OC(C)OC(OC(C)C)=C2CCC2)c1C. The van der Waals surface area contributed by atoms with Crippen molar-refractivity contribution in [3.05, 3.63) is 111 Å². The predicted molar refractivity (Wildman–Crippen MR) is 198 cm³/mol. The molecule has 8 heteroatoms. The molecular weight excluding hydrogens is 641 g/mol. The van der Waals surface area contributed by atoms with E-state index in [1.54, 1.807) is 19.9 Å². The van der Waals surface area contributed by atoms with E-state index in [1.165, 1.54) is 12.1 Å². The first-order valence-corrected chi connectivity index (χ1v) is 17.3. The van der Waals surface area contributed by atoms with E-state index in [2.05, 4.69) is 11.9 Å². The number of hydrogen-bond acceptors (Lipinski definition) is 6. The molecule has 1 N–H and O–H groups in total. The summed E-state index contributed by atoms with van der Waals surface area (Å²) in [5, 5.41) is 5.43. The van der Waals surface area contributed by atoms with Crippen LogP contribution in [0.3, 0.4) is 0 Å². The second-order valence-corrected chi connectivity index (χ2v) is 13.2. The van der Waals surface area contributed by atoms with Crippen LogP contribution in [-0.2, 0) is 19.0 Å². The summed E-state index contributed by atoms with van der Waals surface area (Å²) in [7, 11) is 1.87. The largest absolute Gasteiger partial charge is 0.493 e. The molecule has 1 unspecified atom stereocenters. The third-order valence-corrected chi connectivity index (χ3v) is 9.01. The number of benzene rings is 3. The molecule has 0 aliphatic heterocycles.